The van der Waals surface area contributed by atoms with Crippen LogP contribution in [0.3, 0.4) is 0 Å². The highest BCUT2D eigenvalue weighted by atomic mass is 16.4. The number of aliphatic carboxylic acids is 1. The predicted molar refractivity (Wildman–Crippen MR) is 110 cm³/mol. The Morgan fingerprint density at radius 3 is 1.93 bits per heavy atom. The van der Waals surface area contributed by atoms with Gasteiger partial charge in [-0.3, -0.25) is 9.59 Å². The zero-order valence-corrected chi connectivity index (χ0v) is 18.2. The number of amides is 1. The molecule has 158 valence electrons. The van der Waals surface area contributed by atoms with Crippen molar-refractivity contribution in [3.05, 3.63) is 0 Å². The molecule has 0 aliphatic carbocycles. The normalized spacial score (nSPS) is 14.8. The van der Waals surface area contributed by atoms with E-state index in [0.717, 1.165) is 19.3 Å². The van der Waals surface area contributed by atoms with Crippen molar-refractivity contribution in [2.24, 2.45) is 23.7 Å². The fraction of sp³-hybridized carbons (Fsp3) is 0.864. The molecule has 0 unspecified atom stereocenters. The molecule has 5 heteroatoms. The largest absolute Gasteiger partial charge is 0.481 e. The third-order valence-electron chi connectivity index (χ3n) is 4.88. The molecule has 0 aromatic rings. The predicted octanol–water partition coefficient (Wildman–Crippen LogP) is 4.83. The maximum atomic E-state index is 12.8. The van der Waals surface area contributed by atoms with Gasteiger partial charge in [0, 0.05) is 18.4 Å². The van der Waals surface area contributed by atoms with Gasteiger partial charge in [0.2, 0.25) is 5.91 Å². The Kier molecular flexibility index (Phi) is 13.0. The van der Waals surface area contributed by atoms with E-state index >= 15 is 0 Å². The van der Waals surface area contributed by atoms with Crippen LogP contribution in [0.15, 0.2) is 0 Å². The van der Waals surface area contributed by atoms with E-state index in [1.165, 1.54) is 6.92 Å². The van der Waals surface area contributed by atoms with Crippen LogP contribution in [0.5, 0.6) is 0 Å². The minimum Gasteiger partial charge on any atom is -0.481 e. The summed E-state index contributed by atoms with van der Waals surface area (Å²) in [6.45, 7) is 11.9. The van der Waals surface area contributed by atoms with Gasteiger partial charge in [-0.05, 0) is 50.9 Å². The maximum absolute atomic E-state index is 12.8. The highest BCUT2D eigenvalue weighted by molar-refractivity contribution is 5.85. The second-order valence-corrected chi connectivity index (χ2v) is 8.82. The van der Waals surface area contributed by atoms with Gasteiger partial charge in [0.15, 0.2) is 0 Å². The highest BCUT2D eigenvalue weighted by Crippen LogP contribution is 2.21. The van der Waals surface area contributed by atoms with Crippen LogP contribution in [0.1, 0.15) is 92.9 Å². The van der Waals surface area contributed by atoms with Gasteiger partial charge in [0.25, 0.3) is 0 Å². The van der Waals surface area contributed by atoms with E-state index in [1.807, 2.05) is 0 Å². The standard InChI is InChI=1S/C22H41NO4/c1-7-8-9-18(22(26)27)10-11-20(13-16(4)5)23-21(25)19(12-15(2)3)14-17(6)24/h15-16,18-20H,7-14H2,1-6H3,(H,23,25)(H,26,27)/t18-,19-,20-/m1/s1. The van der Waals surface area contributed by atoms with E-state index in [0.29, 0.717) is 37.5 Å². The van der Waals surface area contributed by atoms with E-state index in [2.05, 4.69) is 39.9 Å². The molecule has 2 N–H and O–H groups in total. The molecule has 0 bridgehead atoms. The monoisotopic (exact) mass is 383 g/mol. The lowest BCUT2D eigenvalue weighted by molar-refractivity contribution is -0.142. The first kappa shape index (κ1) is 25.6. The van der Waals surface area contributed by atoms with Gasteiger partial charge in [0.1, 0.15) is 5.78 Å². The second-order valence-electron chi connectivity index (χ2n) is 8.82. The van der Waals surface area contributed by atoms with Crippen LogP contribution in [-0.2, 0) is 14.4 Å². The number of Topliss-reactive ketones (excluding diaryl/α,β-unsaturated/α-hetero) is 1. The number of hydrogen-bond donors (Lipinski definition) is 2. The number of carboxylic acids is 1. The molecule has 0 aliphatic rings. The third kappa shape index (κ3) is 12.6. The minimum atomic E-state index is -0.743. The van der Waals surface area contributed by atoms with Crippen LogP contribution in [0.4, 0.5) is 0 Å². The van der Waals surface area contributed by atoms with Crippen molar-refractivity contribution in [3.8, 4) is 0 Å². The third-order valence-corrected chi connectivity index (χ3v) is 4.88. The summed E-state index contributed by atoms with van der Waals surface area (Å²) in [5, 5.41) is 12.6. The molecule has 0 heterocycles. The second kappa shape index (κ2) is 13.7. The average molecular weight is 384 g/mol. The molecule has 1 amide bonds. The van der Waals surface area contributed by atoms with Crippen molar-refractivity contribution in [3.63, 3.8) is 0 Å². The fourth-order valence-electron chi connectivity index (χ4n) is 3.58. The van der Waals surface area contributed by atoms with Gasteiger partial charge in [-0.1, -0.05) is 47.5 Å². The first-order valence-electron chi connectivity index (χ1n) is 10.6. The maximum Gasteiger partial charge on any atom is 0.306 e. The van der Waals surface area contributed by atoms with Crippen LogP contribution < -0.4 is 5.32 Å². The SMILES string of the molecule is CCCC[C@H](CC[C@H](CC(C)C)NC(=O)[C@@H](CC(C)=O)CC(C)C)C(=O)O. The first-order chi connectivity index (χ1) is 12.6. The lowest BCUT2D eigenvalue weighted by atomic mass is 9.89. The molecule has 0 aliphatic heterocycles. The first-order valence-corrected chi connectivity index (χ1v) is 10.6. The summed E-state index contributed by atoms with van der Waals surface area (Å²) in [5.41, 5.74) is 0. The van der Waals surface area contributed by atoms with E-state index in [9.17, 15) is 19.5 Å². The van der Waals surface area contributed by atoms with Crippen LogP contribution in [-0.4, -0.2) is 28.8 Å². The van der Waals surface area contributed by atoms with Crippen molar-refractivity contribution in [1.29, 1.82) is 0 Å². The van der Waals surface area contributed by atoms with Crippen LogP contribution in [0, 0.1) is 23.7 Å². The zero-order valence-electron chi connectivity index (χ0n) is 18.2. The number of nitrogens with one attached hydrogen (secondary N) is 1. The summed E-state index contributed by atoms with van der Waals surface area (Å²) >= 11 is 0. The van der Waals surface area contributed by atoms with Gasteiger partial charge >= 0.3 is 5.97 Å². The summed E-state index contributed by atoms with van der Waals surface area (Å²) in [5.74, 6) is -0.675. The number of carbonyl (C=O) groups is 3. The van der Waals surface area contributed by atoms with Gasteiger partial charge in [-0.2, -0.15) is 0 Å². The Morgan fingerprint density at radius 1 is 0.889 bits per heavy atom. The van der Waals surface area contributed by atoms with Gasteiger partial charge in [-0.25, -0.2) is 0 Å². The Bertz CT molecular complexity index is 459. The average Bonchev–Trinajstić information content (AvgIpc) is 2.52. The number of rotatable bonds is 15. The Balaban J connectivity index is 4.97. The van der Waals surface area contributed by atoms with Gasteiger partial charge in [-0.15, -0.1) is 0 Å². The quantitative estimate of drug-likeness (QED) is 0.424. The molecule has 0 fully saturated rings. The van der Waals surface area contributed by atoms with Crippen molar-refractivity contribution in [1.82, 2.24) is 5.32 Å². The molecular formula is C22H41NO4. The van der Waals surface area contributed by atoms with Crippen molar-refractivity contribution in [2.45, 2.75) is 99.0 Å². The summed E-state index contributed by atoms with van der Waals surface area (Å²) in [4.78, 5) is 35.8. The highest BCUT2D eigenvalue weighted by Gasteiger charge is 2.25. The summed E-state index contributed by atoms with van der Waals surface area (Å²) in [6, 6.07) is -0.0393. The zero-order chi connectivity index (χ0) is 21.0. The molecule has 0 aromatic heterocycles. The molecular weight excluding hydrogens is 342 g/mol. The molecule has 0 saturated heterocycles. The van der Waals surface area contributed by atoms with Crippen molar-refractivity contribution >= 4 is 17.7 Å². The Labute approximate surface area is 165 Å². The number of carboxylic acid groups (broad SMARTS) is 1. The Morgan fingerprint density at radius 2 is 1.48 bits per heavy atom. The molecule has 27 heavy (non-hydrogen) atoms. The summed E-state index contributed by atoms with van der Waals surface area (Å²) in [6.07, 6.45) is 5.61. The molecule has 0 radical (unpaired) electrons. The molecule has 0 saturated carbocycles. The fourth-order valence-corrected chi connectivity index (χ4v) is 3.58. The number of hydrogen-bond acceptors (Lipinski definition) is 3. The van der Waals surface area contributed by atoms with E-state index in [1.54, 1.807) is 0 Å². The topological polar surface area (TPSA) is 83.5 Å². The van der Waals surface area contributed by atoms with Crippen molar-refractivity contribution in [2.75, 3.05) is 0 Å². The van der Waals surface area contributed by atoms with Crippen LogP contribution in [0.25, 0.3) is 0 Å². The summed E-state index contributed by atoms with van der Waals surface area (Å²) in [7, 11) is 0. The molecule has 0 spiro atoms. The smallest absolute Gasteiger partial charge is 0.306 e. The lowest BCUT2D eigenvalue weighted by Gasteiger charge is -2.25. The number of ketones is 1. The Hall–Kier alpha value is -1.39. The van der Waals surface area contributed by atoms with Crippen LogP contribution >= 0.6 is 0 Å². The van der Waals surface area contributed by atoms with Crippen LogP contribution in [0.2, 0.25) is 0 Å². The number of unbranched alkanes of at least 4 members (excludes halogenated alkanes) is 1. The summed E-state index contributed by atoms with van der Waals surface area (Å²) < 4.78 is 0. The lowest BCUT2D eigenvalue weighted by Crippen LogP contribution is -2.41. The van der Waals surface area contributed by atoms with E-state index < -0.39 is 5.97 Å². The minimum absolute atomic E-state index is 0.0294. The van der Waals surface area contributed by atoms with Crippen molar-refractivity contribution < 1.29 is 19.5 Å². The number of carbonyl (C=O) groups excluding carboxylic acids is 2. The van der Waals surface area contributed by atoms with Gasteiger partial charge in [0.05, 0.1) is 5.92 Å². The molecule has 0 aromatic carbocycles. The molecule has 3 atom stereocenters. The van der Waals surface area contributed by atoms with Gasteiger partial charge < -0.3 is 15.2 Å². The molecule has 5 nitrogen and oxygen atoms in total. The van der Waals surface area contributed by atoms with E-state index in [4.69, 9.17) is 0 Å². The van der Waals surface area contributed by atoms with E-state index in [-0.39, 0.29) is 36.0 Å². The molecule has 0 rings (SSSR count).